The van der Waals surface area contributed by atoms with Crippen molar-refractivity contribution in [2.75, 3.05) is 13.1 Å². The molecule has 0 spiro atoms. The summed E-state index contributed by atoms with van der Waals surface area (Å²) < 4.78 is 1.71. The molecule has 0 aliphatic carbocycles. The van der Waals surface area contributed by atoms with E-state index in [9.17, 15) is 14.7 Å². The number of amides is 1. The van der Waals surface area contributed by atoms with Crippen LogP contribution in [-0.4, -0.2) is 54.5 Å². The van der Waals surface area contributed by atoms with E-state index in [-0.39, 0.29) is 5.91 Å². The van der Waals surface area contributed by atoms with E-state index in [0.717, 1.165) is 5.69 Å². The number of aromatic nitrogens is 4. The molecule has 1 aliphatic heterocycles. The summed E-state index contributed by atoms with van der Waals surface area (Å²) in [5.41, 5.74) is 0.0694. The predicted molar refractivity (Wildman–Crippen MR) is 81.0 cm³/mol. The first-order valence-corrected chi connectivity index (χ1v) is 7.49. The minimum absolute atomic E-state index is 0.162. The number of hydrogen-bond acceptors (Lipinski definition) is 4. The normalized spacial score (nSPS) is 17.2. The number of piperidine rings is 1. The maximum Gasteiger partial charge on any atom is 0.330 e. The van der Waals surface area contributed by atoms with Gasteiger partial charge < -0.3 is 19.6 Å². The summed E-state index contributed by atoms with van der Waals surface area (Å²) in [4.78, 5) is 37.1. The lowest BCUT2D eigenvalue weighted by Gasteiger charge is -2.40. The summed E-state index contributed by atoms with van der Waals surface area (Å²) in [7, 11) is 0. The Kier molecular flexibility index (Phi) is 3.67. The number of nitrogens with zero attached hydrogens (tertiary/aromatic N) is 4. The molecule has 0 radical (unpaired) electrons. The summed E-state index contributed by atoms with van der Waals surface area (Å²) in [6.45, 7) is 4.32. The second-order valence-electron chi connectivity index (χ2n) is 5.85. The van der Waals surface area contributed by atoms with Crippen molar-refractivity contribution in [1.82, 2.24) is 24.4 Å². The zero-order valence-corrected chi connectivity index (χ0v) is 13.1. The third kappa shape index (κ3) is 2.39. The van der Waals surface area contributed by atoms with Gasteiger partial charge in [-0.25, -0.2) is 14.8 Å². The van der Waals surface area contributed by atoms with E-state index in [2.05, 4.69) is 15.0 Å². The maximum atomic E-state index is 12.5. The van der Waals surface area contributed by atoms with Crippen molar-refractivity contribution in [2.24, 2.45) is 0 Å². The SMILES string of the molecule is Cc1[nH]cnc1C(=O)N1CCC(C(=O)O)(n2ccnc2C)CC1. The van der Waals surface area contributed by atoms with Crippen LogP contribution in [-0.2, 0) is 10.3 Å². The number of H-pyrrole nitrogens is 1. The molecule has 0 unspecified atom stereocenters. The van der Waals surface area contributed by atoms with Gasteiger partial charge in [0, 0.05) is 31.2 Å². The van der Waals surface area contributed by atoms with E-state index >= 15 is 0 Å². The van der Waals surface area contributed by atoms with Gasteiger partial charge in [-0.3, -0.25) is 4.79 Å². The zero-order chi connectivity index (χ0) is 16.6. The van der Waals surface area contributed by atoms with Crippen molar-refractivity contribution in [3.8, 4) is 0 Å². The highest BCUT2D eigenvalue weighted by atomic mass is 16.4. The van der Waals surface area contributed by atoms with Crippen LogP contribution in [0.2, 0.25) is 0 Å². The maximum absolute atomic E-state index is 12.5. The molecule has 1 aliphatic rings. The molecular formula is C15H19N5O3. The highest BCUT2D eigenvalue weighted by molar-refractivity contribution is 5.93. The van der Waals surface area contributed by atoms with Gasteiger partial charge in [0.15, 0.2) is 0 Å². The lowest BCUT2D eigenvalue weighted by molar-refractivity contribution is -0.150. The number of carbonyl (C=O) groups excluding carboxylic acids is 1. The number of rotatable bonds is 3. The number of aliphatic carboxylic acids is 1. The molecular weight excluding hydrogens is 298 g/mol. The van der Waals surface area contributed by atoms with E-state index in [0.29, 0.717) is 37.4 Å². The van der Waals surface area contributed by atoms with Crippen molar-refractivity contribution in [2.45, 2.75) is 32.2 Å². The number of imidazole rings is 2. The van der Waals surface area contributed by atoms with Gasteiger partial charge in [0.05, 0.1) is 6.33 Å². The molecule has 0 atom stereocenters. The fourth-order valence-electron chi connectivity index (χ4n) is 3.19. The molecule has 1 saturated heterocycles. The van der Waals surface area contributed by atoms with Crippen LogP contribution in [0.5, 0.6) is 0 Å². The molecule has 3 rings (SSSR count). The number of carboxylic acid groups (broad SMARTS) is 1. The molecule has 23 heavy (non-hydrogen) atoms. The van der Waals surface area contributed by atoms with Crippen molar-refractivity contribution >= 4 is 11.9 Å². The van der Waals surface area contributed by atoms with Gasteiger partial charge in [0.2, 0.25) is 0 Å². The number of nitrogens with one attached hydrogen (secondary N) is 1. The molecule has 2 N–H and O–H groups in total. The largest absolute Gasteiger partial charge is 0.479 e. The highest BCUT2D eigenvalue weighted by Gasteiger charge is 2.45. The summed E-state index contributed by atoms with van der Waals surface area (Å²) in [6.07, 6.45) is 5.47. The highest BCUT2D eigenvalue weighted by Crippen LogP contribution is 2.32. The van der Waals surface area contributed by atoms with E-state index in [1.165, 1.54) is 6.33 Å². The van der Waals surface area contributed by atoms with Crippen LogP contribution in [0.4, 0.5) is 0 Å². The molecule has 0 saturated carbocycles. The molecule has 8 heteroatoms. The zero-order valence-electron chi connectivity index (χ0n) is 13.1. The predicted octanol–water partition coefficient (Wildman–Crippen LogP) is 0.939. The smallest absolute Gasteiger partial charge is 0.330 e. The summed E-state index contributed by atoms with van der Waals surface area (Å²) >= 11 is 0. The number of hydrogen-bond donors (Lipinski definition) is 2. The van der Waals surface area contributed by atoms with Crippen LogP contribution in [0.3, 0.4) is 0 Å². The molecule has 2 aromatic heterocycles. The van der Waals surface area contributed by atoms with Crippen LogP contribution in [0.1, 0.15) is 34.8 Å². The van der Waals surface area contributed by atoms with E-state index < -0.39 is 11.5 Å². The van der Waals surface area contributed by atoms with Crippen molar-refractivity contribution in [3.63, 3.8) is 0 Å². The Morgan fingerprint density at radius 3 is 2.43 bits per heavy atom. The van der Waals surface area contributed by atoms with E-state index in [1.54, 1.807) is 35.7 Å². The average molecular weight is 317 g/mol. The first-order chi connectivity index (χ1) is 11.0. The Morgan fingerprint density at radius 2 is 1.96 bits per heavy atom. The van der Waals surface area contributed by atoms with Gasteiger partial charge >= 0.3 is 5.97 Å². The first kappa shape index (κ1) is 15.3. The minimum Gasteiger partial charge on any atom is -0.479 e. The van der Waals surface area contributed by atoms with Crippen molar-refractivity contribution < 1.29 is 14.7 Å². The average Bonchev–Trinajstić information content (AvgIpc) is 3.15. The molecule has 0 aromatic carbocycles. The quantitative estimate of drug-likeness (QED) is 0.876. The standard InChI is InChI=1S/C15H19N5O3/c1-10-12(18-9-17-10)13(21)19-6-3-15(4-7-19,14(22)23)20-8-5-16-11(20)2/h5,8-9H,3-4,6-7H2,1-2H3,(H,17,18)(H,22,23). The third-order valence-corrected chi connectivity index (χ3v) is 4.60. The van der Waals surface area contributed by atoms with Gasteiger partial charge in [-0.2, -0.15) is 0 Å². The topological polar surface area (TPSA) is 104 Å². The first-order valence-electron chi connectivity index (χ1n) is 7.49. The fourth-order valence-corrected chi connectivity index (χ4v) is 3.19. The Morgan fingerprint density at radius 1 is 1.26 bits per heavy atom. The monoisotopic (exact) mass is 317 g/mol. The van der Waals surface area contributed by atoms with Gasteiger partial charge in [0.1, 0.15) is 17.1 Å². The third-order valence-electron chi connectivity index (χ3n) is 4.60. The number of carboxylic acids is 1. The molecule has 8 nitrogen and oxygen atoms in total. The van der Waals surface area contributed by atoms with Crippen LogP contribution in [0, 0.1) is 13.8 Å². The van der Waals surface area contributed by atoms with Crippen LogP contribution in [0.25, 0.3) is 0 Å². The second kappa shape index (κ2) is 5.53. The molecule has 0 bridgehead atoms. The fraction of sp³-hybridized carbons (Fsp3) is 0.467. The number of aromatic amines is 1. The van der Waals surface area contributed by atoms with Gasteiger partial charge in [0.25, 0.3) is 5.91 Å². The second-order valence-corrected chi connectivity index (χ2v) is 5.85. The summed E-state index contributed by atoms with van der Waals surface area (Å²) in [5.74, 6) is -0.387. The number of likely N-dealkylation sites (tertiary alicyclic amines) is 1. The van der Waals surface area contributed by atoms with Crippen molar-refractivity contribution in [3.05, 3.63) is 35.9 Å². The summed E-state index contributed by atoms with van der Waals surface area (Å²) in [5, 5.41) is 9.77. The van der Waals surface area contributed by atoms with Gasteiger partial charge in [-0.15, -0.1) is 0 Å². The van der Waals surface area contributed by atoms with Crippen LogP contribution >= 0.6 is 0 Å². The van der Waals surface area contributed by atoms with E-state index in [4.69, 9.17) is 0 Å². The lowest BCUT2D eigenvalue weighted by atomic mass is 9.86. The minimum atomic E-state index is -1.04. The Balaban J connectivity index is 1.81. The Hall–Kier alpha value is -2.64. The summed E-state index contributed by atoms with van der Waals surface area (Å²) in [6, 6.07) is 0. The molecule has 2 aromatic rings. The lowest BCUT2D eigenvalue weighted by Crippen LogP contribution is -2.52. The molecule has 122 valence electrons. The molecule has 1 fully saturated rings. The molecule has 1 amide bonds. The van der Waals surface area contributed by atoms with Gasteiger partial charge in [-0.05, 0) is 26.7 Å². The van der Waals surface area contributed by atoms with Crippen LogP contribution in [0.15, 0.2) is 18.7 Å². The van der Waals surface area contributed by atoms with Crippen molar-refractivity contribution in [1.29, 1.82) is 0 Å². The Bertz CT molecular complexity index is 740. The number of aryl methyl sites for hydroxylation is 2. The van der Waals surface area contributed by atoms with Crippen LogP contribution < -0.4 is 0 Å². The molecule has 3 heterocycles. The van der Waals surface area contributed by atoms with Gasteiger partial charge in [-0.1, -0.05) is 0 Å². The van der Waals surface area contributed by atoms with E-state index in [1.807, 2.05) is 0 Å². The Labute approximate surface area is 133 Å². The number of carbonyl (C=O) groups is 2.